The topological polar surface area (TPSA) is 58.6 Å². The summed E-state index contributed by atoms with van der Waals surface area (Å²) in [6.45, 7) is -0.00650. The van der Waals surface area contributed by atoms with Gasteiger partial charge in [0.15, 0.2) is 4.32 Å². The number of thiophene rings is 1. The summed E-state index contributed by atoms with van der Waals surface area (Å²) in [6, 6.07) is 14.8. The maximum atomic E-state index is 13.9. The molecule has 5 nitrogen and oxygen atoms in total. The van der Waals surface area contributed by atoms with Crippen LogP contribution in [-0.4, -0.2) is 21.1 Å². The standard InChI is InChI=1S/C22H14ClFN2O3S3/c23-16-3-1-4-17(24)15(16)12-29-14-8-6-13(7-9-14)11-19-21(28)26(22(30)32-19)25-20(27)18-5-2-10-31-18/h1-11H,12H2,(H,25,27)/b19-11-. The van der Waals surface area contributed by atoms with Crippen molar-refractivity contribution in [2.75, 3.05) is 0 Å². The van der Waals surface area contributed by atoms with Crippen LogP contribution in [0.25, 0.3) is 6.08 Å². The van der Waals surface area contributed by atoms with E-state index in [2.05, 4.69) is 5.43 Å². The minimum absolute atomic E-state index is 0.00650. The van der Waals surface area contributed by atoms with Gasteiger partial charge >= 0.3 is 0 Å². The summed E-state index contributed by atoms with van der Waals surface area (Å²) in [5.74, 6) is -0.701. The first-order chi connectivity index (χ1) is 15.4. The number of hydrogen-bond donors (Lipinski definition) is 1. The van der Waals surface area contributed by atoms with Gasteiger partial charge in [-0.25, -0.2) is 4.39 Å². The van der Waals surface area contributed by atoms with E-state index in [0.717, 1.165) is 22.3 Å². The molecule has 1 saturated heterocycles. The molecule has 2 heterocycles. The van der Waals surface area contributed by atoms with E-state index in [9.17, 15) is 14.0 Å². The number of carbonyl (C=O) groups is 2. The van der Waals surface area contributed by atoms with Crippen molar-refractivity contribution in [1.82, 2.24) is 10.4 Å². The number of thiocarbonyl (C=S) groups is 1. The van der Waals surface area contributed by atoms with Crippen LogP contribution in [0.1, 0.15) is 20.8 Å². The third kappa shape index (κ3) is 5.02. The van der Waals surface area contributed by atoms with E-state index in [1.54, 1.807) is 53.9 Å². The lowest BCUT2D eigenvalue weighted by molar-refractivity contribution is -0.123. The van der Waals surface area contributed by atoms with Gasteiger partial charge in [-0.3, -0.25) is 15.0 Å². The van der Waals surface area contributed by atoms with Crippen LogP contribution >= 0.6 is 46.9 Å². The van der Waals surface area contributed by atoms with Crippen molar-refractivity contribution in [2.24, 2.45) is 0 Å². The number of ether oxygens (including phenoxy) is 1. The van der Waals surface area contributed by atoms with E-state index >= 15 is 0 Å². The van der Waals surface area contributed by atoms with Gasteiger partial charge in [-0.2, -0.15) is 5.01 Å². The number of carbonyl (C=O) groups excluding carboxylic acids is 2. The largest absolute Gasteiger partial charge is 0.489 e. The summed E-state index contributed by atoms with van der Waals surface area (Å²) in [5.41, 5.74) is 3.56. The summed E-state index contributed by atoms with van der Waals surface area (Å²) in [4.78, 5) is 25.8. The van der Waals surface area contributed by atoms with Crippen LogP contribution in [0.15, 0.2) is 64.9 Å². The number of nitrogens with one attached hydrogen (secondary N) is 1. The zero-order valence-electron chi connectivity index (χ0n) is 16.2. The molecule has 10 heteroatoms. The van der Waals surface area contributed by atoms with Crippen molar-refractivity contribution in [3.05, 3.63) is 91.7 Å². The first kappa shape index (κ1) is 22.5. The van der Waals surface area contributed by atoms with E-state index in [4.69, 9.17) is 28.6 Å². The Morgan fingerprint density at radius 3 is 2.66 bits per heavy atom. The van der Waals surface area contributed by atoms with E-state index in [-0.39, 0.29) is 16.5 Å². The van der Waals surface area contributed by atoms with Crippen LogP contribution < -0.4 is 10.2 Å². The Labute approximate surface area is 201 Å². The lowest BCUT2D eigenvalue weighted by Crippen LogP contribution is -2.44. The van der Waals surface area contributed by atoms with Gasteiger partial charge < -0.3 is 4.74 Å². The third-order valence-corrected chi connectivity index (χ3v) is 6.90. The quantitative estimate of drug-likeness (QED) is 0.346. The lowest BCUT2D eigenvalue weighted by Gasteiger charge is -2.14. The number of halogens is 2. The van der Waals surface area contributed by atoms with Crippen molar-refractivity contribution < 1.29 is 18.7 Å². The molecule has 0 saturated carbocycles. The maximum absolute atomic E-state index is 13.9. The van der Waals surface area contributed by atoms with E-state index in [0.29, 0.717) is 20.6 Å². The number of hydrazine groups is 1. The molecule has 4 rings (SSSR count). The summed E-state index contributed by atoms with van der Waals surface area (Å²) >= 11 is 13.6. The fraction of sp³-hybridized carbons (Fsp3) is 0.0455. The predicted octanol–water partition coefficient (Wildman–Crippen LogP) is 5.67. The molecule has 1 N–H and O–H groups in total. The lowest BCUT2D eigenvalue weighted by atomic mass is 10.2. The highest BCUT2D eigenvalue weighted by molar-refractivity contribution is 8.26. The highest BCUT2D eigenvalue weighted by Gasteiger charge is 2.33. The third-order valence-electron chi connectivity index (χ3n) is 4.37. The van der Waals surface area contributed by atoms with Crippen LogP contribution in [0, 0.1) is 5.82 Å². The van der Waals surface area contributed by atoms with Crippen molar-refractivity contribution in [2.45, 2.75) is 6.61 Å². The fourth-order valence-corrected chi connectivity index (χ4v) is 4.78. The van der Waals surface area contributed by atoms with Gasteiger partial charge in [0.1, 0.15) is 18.2 Å². The molecule has 3 aromatic rings. The molecule has 0 aliphatic carbocycles. The summed E-state index contributed by atoms with van der Waals surface area (Å²) in [7, 11) is 0. The van der Waals surface area contributed by atoms with Gasteiger partial charge in [0.2, 0.25) is 0 Å². The second-order valence-corrected chi connectivity index (χ2v) is 9.52. The van der Waals surface area contributed by atoms with Crippen LogP contribution in [0.3, 0.4) is 0 Å². The Morgan fingerprint density at radius 1 is 1.19 bits per heavy atom. The van der Waals surface area contributed by atoms with E-state index < -0.39 is 17.6 Å². The Morgan fingerprint density at radius 2 is 1.97 bits per heavy atom. The number of thioether (sulfide) groups is 1. The van der Waals surface area contributed by atoms with Crippen LogP contribution in [0.2, 0.25) is 5.02 Å². The summed E-state index contributed by atoms with van der Waals surface area (Å²) in [5, 5.41) is 3.15. The molecule has 1 fully saturated rings. The summed E-state index contributed by atoms with van der Waals surface area (Å²) in [6.07, 6.45) is 1.67. The molecule has 1 aliphatic rings. The first-order valence-electron chi connectivity index (χ1n) is 9.20. The first-order valence-corrected chi connectivity index (χ1v) is 11.7. The molecule has 2 amide bonds. The van der Waals surface area contributed by atoms with Crippen LogP contribution in [-0.2, 0) is 11.4 Å². The Bertz CT molecular complexity index is 1190. The normalized spacial score (nSPS) is 14.8. The average Bonchev–Trinajstić information content (AvgIpc) is 3.40. The zero-order valence-corrected chi connectivity index (χ0v) is 19.4. The second kappa shape index (κ2) is 9.83. The van der Waals surface area contributed by atoms with E-state index in [1.165, 1.54) is 23.5 Å². The van der Waals surface area contributed by atoms with Gasteiger partial charge in [0.05, 0.1) is 14.8 Å². The van der Waals surface area contributed by atoms with E-state index in [1.807, 2.05) is 0 Å². The van der Waals surface area contributed by atoms with Crippen molar-refractivity contribution >= 4 is 69.1 Å². The SMILES string of the molecule is O=C(NN1C(=O)/C(=C/c2ccc(OCc3c(F)cccc3Cl)cc2)SC1=S)c1cccs1. The number of benzene rings is 2. The van der Waals surface area contributed by atoms with Crippen LogP contribution in [0.4, 0.5) is 4.39 Å². The number of rotatable bonds is 6. The van der Waals surface area contributed by atoms with Gasteiger partial charge in [0.25, 0.3) is 11.8 Å². The van der Waals surface area contributed by atoms with Crippen molar-refractivity contribution in [3.63, 3.8) is 0 Å². The molecule has 32 heavy (non-hydrogen) atoms. The molecule has 162 valence electrons. The molecule has 0 bridgehead atoms. The number of nitrogens with zero attached hydrogens (tertiary/aromatic N) is 1. The predicted molar refractivity (Wildman–Crippen MR) is 129 cm³/mol. The molecule has 0 atom stereocenters. The van der Waals surface area contributed by atoms with Crippen molar-refractivity contribution in [1.29, 1.82) is 0 Å². The number of hydrogen-bond acceptors (Lipinski definition) is 6. The molecule has 1 aliphatic heterocycles. The second-order valence-electron chi connectivity index (χ2n) is 6.49. The molecule has 1 aromatic heterocycles. The monoisotopic (exact) mass is 504 g/mol. The zero-order chi connectivity index (χ0) is 22.7. The fourth-order valence-electron chi connectivity index (χ4n) is 2.77. The smallest absolute Gasteiger partial charge is 0.285 e. The summed E-state index contributed by atoms with van der Waals surface area (Å²) < 4.78 is 19.7. The van der Waals surface area contributed by atoms with Crippen LogP contribution in [0.5, 0.6) is 5.75 Å². The van der Waals surface area contributed by atoms with Gasteiger partial charge in [-0.05, 0) is 59.6 Å². The van der Waals surface area contributed by atoms with Gasteiger partial charge in [-0.1, -0.05) is 47.6 Å². The molecular weight excluding hydrogens is 491 g/mol. The number of amides is 2. The molecule has 2 aromatic carbocycles. The maximum Gasteiger partial charge on any atom is 0.285 e. The Balaban J connectivity index is 1.41. The minimum Gasteiger partial charge on any atom is -0.489 e. The minimum atomic E-state index is -0.428. The van der Waals surface area contributed by atoms with Crippen molar-refractivity contribution in [3.8, 4) is 5.75 Å². The van der Waals surface area contributed by atoms with Gasteiger partial charge in [0, 0.05) is 5.56 Å². The Kier molecular flexibility index (Phi) is 6.90. The molecule has 0 unspecified atom stereocenters. The molecule has 0 spiro atoms. The Hall–Kier alpha value is -2.72. The highest BCUT2D eigenvalue weighted by atomic mass is 35.5. The molecular formula is C22H14ClFN2O3S3. The molecule has 0 radical (unpaired) electrons. The average molecular weight is 505 g/mol. The van der Waals surface area contributed by atoms with Gasteiger partial charge in [-0.15, -0.1) is 11.3 Å². The highest BCUT2D eigenvalue weighted by Crippen LogP contribution is 2.32.